The largest absolute Gasteiger partial charge is 0.324 e. The van der Waals surface area contributed by atoms with Gasteiger partial charge in [0.05, 0.1) is 12.7 Å². The Balaban J connectivity index is 1.37. The molecule has 0 spiro atoms. The van der Waals surface area contributed by atoms with E-state index in [4.69, 9.17) is 0 Å². The second kappa shape index (κ2) is 5.43. The number of rotatable bonds is 4. The molecule has 1 N–H and O–H groups in total. The van der Waals surface area contributed by atoms with Crippen LogP contribution in [0.2, 0.25) is 0 Å². The molecule has 0 radical (unpaired) electrons. The number of carbonyl (C=O) groups is 1. The molecule has 1 aromatic carbocycles. The summed E-state index contributed by atoms with van der Waals surface area (Å²) in [6.07, 6.45) is 4.66. The van der Waals surface area contributed by atoms with Crippen molar-refractivity contribution in [2.45, 2.75) is 43.8 Å². The van der Waals surface area contributed by atoms with Crippen molar-refractivity contribution in [3.8, 4) is 0 Å². The van der Waals surface area contributed by atoms with Gasteiger partial charge in [-0.15, -0.1) is 0 Å². The standard InChI is InChI=1S/C17H23N3O/c21-17-16(10-13-4-2-1-3-5-13)18-12-20(17)15-8-9-19(11-15)14-6-7-14/h1-5,14-16,18H,6-12H2. The zero-order chi connectivity index (χ0) is 14.2. The van der Waals surface area contributed by atoms with Gasteiger partial charge in [0.2, 0.25) is 5.91 Å². The number of nitrogens with zero attached hydrogens (tertiary/aromatic N) is 2. The minimum absolute atomic E-state index is 0.0395. The Morgan fingerprint density at radius 1 is 1.10 bits per heavy atom. The molecule has 2 saturated heterocycles. The topological polar surface area (TPSA) is 35.6 Å². The van der Waals surface area contributed by atoms with Crippen LogP contribution in [0.25, 0.3) is 0 Å². The smallest absolute Gasteiger partial charge is 0.241 e. The molecule has 21 heavy (non-hydrogen) atoms. The van der Waals surface area contributed by atoms with Crippen LogP contribution in [0, 0.1) is 0 Å². The molecule has 0 aromatic heterocycles. The summed E-state index contributed by atoms with van der Waals surface area (Å²) in [5, 5.41) is 3.40. The Bertz CT molecular complexity index is 514. The SMILES string of the molecule is O=C1C(Cc2ccccc2)NCN1C1CCN(C2CC2)C1. The maximum Gasteiger partial charge on any atom is 0.241 e. The molecular formula is C17H23N3O. The van der Waals surface area contributed by atoms with Gasteiger partial charge in [0.25, 0.3) is 0 Å². The Morgan fingerprint density at radius 3 is 2.67 bits per heavy atom. The van der Waals surface area contributed by atoms with Crippen molar-refractivity contribution in [3.63, 3.8) is 0 Å². The first-order valence-electron chi connectivity index (χ1n) is 8.13. The predicted octanol–water partition coefficient (Wildman–Crippen LogP) is 1.22. The van der Waals surface area contributed by atoms with E-state index in [0.29, 0.717) is 11.9 Å². The summed E-state index contributed by atoms with van der Waals surface area (Å²) in [4.78, 5) is 17.3. The van der Waals surface area contributed by atoms with Crippen LogP contribution in [0.15, 0.2) is 30.3 Å². The van der Waals surface area contributed by atoms with Gasteiger partial charge in [-0.2, -0.15) is 0 Å². The Labute approximate surface area is 126 Å². The quantitative estimate of drug-likeness (QED) is 0.903. The fraction of sp³-hybridized carbons (Fsp3) is 0.588. The molecule has 4 rings (SSSR count). The van der Waals surface area contributed by atoms with Crippen LogP contribution < -0.4 is 5.32 Å². The van der Waals surface area contributed by atoms with Crippen LogP contribution in [-0.2, 0) is 11.2 Å². The molecule has 1 amide bonds. The number of carbonyl (C=O) groups excluding carboxylic acids is 1. The molecule has 3 aliphatic rings. The Kier molecular flexibility index (Phi) is 3.43. The number of likely N-dealkylation sites (tertiary alicyclic amines) is 1. The van der Waals surface area contributed by atoms with E-state index in [1.54, 1.807) is 0 Å². The summed E-state index contributed by atoms with van der Waals surface area (Å²) >= 11 is 0. The molecule has 1 aromatic rings. The van der Waals surface area contributed by atoms with Crippen molar-refractivity contribution < 1.29 is 4.79 Å². The van der Waals surface area contributed by atoms with Gasteiger partial charge < -0.3 is 4.90 Å². The summed E-state index contributed by atoms with van der Waals surface area (Å²) in [5.74, 6) is 0.293. The summed E-state index contributed by atoms with van der Waals surface area (Å²) in [7, 11) is 0. The van der Waals surface area contributed by atoms with Crippen molar-refractivity contribution in [1.82, 2.24) is 15.1 Å². The fourth-order valence-electron chi connectivity index (χ4n) is 3.69. The van der Waals surface area contributed by atoms with Crippen molar-refractivity contribution >= 4 is 5.91 Å². The van der Waals surface area contributed by atoms with Crippen LogP contribution in [0.3, 0.4) is 0 Å². The second-order valence-corrected chi connectivity index (χ2v) is 6.58. The third kappa shape index (κ3) is 2.70. The van der Waals surface area contributed by atoms with E-state index in [0.717, 1.165) is 32.1 Å². The predicted molar refractivity (Wildman–Crippen MR) is 81.8 cm³/mol. The van der Waals surface area contributed by atoms with Crippen LogP contribution in [-0.4, -0.2) is 53.6 Å². The average Bonchev–Trinajstić information content (AvgIpc) is 3.15. The van der Waals surface area contributed by atoms with Crippen molar-refractivity contribution in [3.05, 3.63) is 35.9 Å². The lowest BCUT2D eigenvalue weighted by atomic mass is 10.1. The number of hydrogen-bond acceptors (Lipinski definition) is 3. The van der Waals surface area contributed by atoms with Crippen molar-refractivity contribution in [1.29, 1.82) is 0 Å². The minimum atomic E-state index is -0.0395. The molecule has 4 nitrogen and oxygen atoms in total. The van der Waals surface area contributed by atoms with Gasteiger partial charge in [-0.25, -0.2) is 0 Å². The molecule has 2 unspecified atom stereocenters. The fourth-order valence-corrected chi connectivity index (χ4v) is 3.69. The molecule has 4 heteroatoms. The Morgan fingerprint density at radius 2 is 1.90 bits per heavy atom. The van der Waals surface area contributed by atoms with Crippen molar-refractivity contribution in [2.24, 2.45) is 0 Å². The van der Waals surface area contributed by atoms with Gasteiger partial charge >= 0.3 is 0 Å². The molecule has 2 heterocycles. The third-order valence-corrected chi connectivity index (χ3v) is 5.07. The molecule has 2 atom stereocenters. The number of nitrogens with one attached hydrogen (secondary N) is 1. The van der Waals surface area contributed by atoms with E-state index in [1.165, 1.54) is 24.9 Å². The lowest BCUT2D eigenvalue weighted by Gasteiger charge is -2.24. The first-order valence-corrected chi connectivity index (χ1v) is 8.13. The van der Waals surface area contributed by atoms with Gasteiger partial charge in [-0.1, -0.05) is 30.3 Å². The van der Waals surface area contributed by atoms with Gasteiger partial charge in [0.15, 0.2) is 0 Å². The zero-order valence-electron chi connectivity index (χ0n) is 12.4. The van der Waals surface area contributed by atoms with Crippen LogP contribution in [0.5, 0.6) is 0 Å². The van der Waals surface area contributed by atoms with Crippen molar-refractivity contribution in [2.75, 3.05) is 19.8 Å². The first-order chi connectivity index (χ1) is 10.3. The van der Waals surface area contributed by atoms with E-state index in [1.807, 2.05) is 18.2 Å². The van der Waals surface area contributed by atoms with Crippen LogP contribution in [0.4, 0.5) is 0 Å². The average molecular weight is 285 g/mol. The molecular weight excluding hydrogens is 262 g/mol. The molecule has 112 valence electrons. The second-order valence-electron chi connectivity index (χ2n) is 6.58. The summed E-state index contributed by atoms with van der Waals surface area (Å²) in [5.41, 5.74) is 1.23. The highest BCUT2D eigenvalue weighted by Gasteiger charge is 2.41. The highest BCUT2D eigenvalue weighted by Crippen LogP contribution is 2.31. The van der Waals surface area contributed by atoms with Crippen LogP contribution >= 0.6 is 0 Å². The van der Waals surface area contributed by atoms with E-state index in [2.05, 4.69) is 27.2 Å². The monoisotopic (exact) mass is 285 g/mol. The van der Waals surface area contributed by atoms with E-state index < -0.39 is 0 Å². The van der Waals surface area contributed by atoms with Gasteiger partial charge in [-0.05, 0) is 31.2 Å². The van der Waals surface area contributed by atoms with Gasteiger partial charge in [0, 0.05) is 25.2 Å². The van der Waals surface area contributed by atoms with E-state index in [-0.39, 0.29) is 6.04 Å². The summed E-state index contributed by atoms with van der Waals surface area (Å²) in [6, 6.07) is 11.5. The number of amides is 1. The molecule has 3 fully saturated rings. The highest BCUT2D eigenvalue weighted by atomic mass is 16.2. The van der Waals surface area contributed by atoms with E-state index in [9.17, 15) is 4.79 Å². The first kappa shape index (κ1) is 13.3. The van der Waals surface area contributed by atoms with Gasteiger partial charge in [0.1, 0.15) is 0 Å². The lowest BCUT2D eigenvalue weighted by Crippen LogP contribution is -2.41. The normalized spacial score (nSPS) is 30.3. The summed E-state index contributed by atoms with van der Waals surface area (Å²) < 4.78 is 0. The maximum absolute atomic E-state index is 12.6. The zero-order valence-corrected chi connectivity index (χ0v) is 12.4. The van der Waals surface area contributed by atoms with Crippen LogP contribution in [0.1, 0.15) is 24.8 Å². The number of hydrogen-bond donors (Lipinski definition) is 1. The lowest BCUT2D eigenvalue weighted by molar-refractivity contribution is -0.130. The molecule has 1 aliphatic carbocycles. The molecule has 0 bridgehead atoms. The maximum atomic E-state index is 12.6. The highest BCUT2D eigenvalue weighted by molar-refractivity contribution is 5.84. The van der Waals surface area contributed by atoms with Gasteiger partial charge in [-0.3, -0.25) is 15.0 Å². The third-order valence-electron chi connectivity index (χ3n) is 5.07. The number of benzene rings is 1. The van der Waals surface area contributed by atoms with E-state index >= 15 is 0 Å². The molecule has 2 aliphatic heterocycles. The summed E-state index contributed by atoms with van der Waals surface area (Å²) in [6.45, 7) is 2.97. The minimum Gasteiger partial charge on any atom is -0.324 e. The Hall–Kier alpha value is -1.39. The molecule has 1 saturated carbocycles.